The summed E-state index contributed by atoms with van der Waals surface area (Å²) in [6.45, 7) is 3.30. The zero-order chi connectivity index (χ0) is 12.4. The molecule has 4 nitrogen and oxygen atoms in total. The minimum Gasteiger partial charge on any atom is -0.305 e. The van der Waals surface area contributed by atoms with E-state index in [0.717, 1.165) is 42.3 Å². The number of rotatable bonds is 4. The summed E-state index contributed by atoms with van der Waals surface area (Å²) in [5.41, 5.74) is 0.0251. The molecule has 1 atom stereocenters. The lowest BCUT2D eigenvalue weighted by atomic mass is 9.91. The van der Waals surface area contributed by atoms with Gasteiger partial charge in [0, 0.05) is 0 Å². The van der Waals surface area contributed by atoms with Gasteiger partial charge in [0.25, 0.3) is 0 Å². The molecule has 0 aliphatic carbocycles. The fourth-order valence-corrected chi connectivity index (χ4v) is 3.42. The topological polar surface area (TPSA) is 53.6 Å². The molecule has 2 aromatic heterocycles. The molecule has 0 amide bonds. The third-order valence-electron chi connectivity index (χ3n) is 3.60. The standard InChI is InChI=1S/C13H18N4S/c1-2-6-13(7-4-8-14-13)12-15-11(16-17-12)10-5-3-9-18-10/h3,5,9,14H,2,4,6-8H2,1H3,(H,15,16,17). The van der Waals surface area contributed by atoms with Gasteiger partial charge in [-0.1, -0.05) is 19.4 Å². The van der Waals surface area contributed by atoms with Crippen LogP contribution in [0.25, 0.3) is 10.7 Å². The molecule has 0 saturated carbocycles. The Kier molecular flexibility index (Phi) is 3.18. The van der Waals surface area contributed by atoms with Gasteiger partial charge in [0.1, 0.15) is 5.82 Å². The molecule has 1 fully saturated rings. The van der Waals surface area contributed by atoms with Crippen LogP contribution in [0.5, 0.6) is 0 Å². The van der Waals surface area contributed by atoms with Crippen LogP contribution in [-0.2, 0) is 5.54 Å². The molecule has 1 saturated heterocycles. The van der Waals surface area contributed by atoms with Crippen LogP contribution in [0.15, 0.2) is 17.5 Å². The second-order valence-corrected chi connectivity index (χ2v) is 5.80. The van der Waals surface area contributed by atoms with Crippen molar-refractivity contribution in [1.82, 2.24) is 20.5 Å². The van der Waals surface area contributed by atoms with Crippen LogP contribution in [0.1, 0.15) is 38.4 Å². The van der Waals surface area contributed by atoms with Gasteiger partial charge in [0.15, 0.2) is 5.82 Å². The Bertz CT molecular complexity index is 497. The van der Waals surface area contributed by atoms with Gasteiger partial charge in [-0.15, -0.1) is 11.3 Å². The van der Waals surface area contributed by atoms with Crippen molar-refractivity contribution in [2.24, 2.45) is 0 Å². The van der Waals surface area contributed by atoms with E-state index in [-0.39, 0.29) is 5.54 Å². The van der Waals surface area contributed by atoms with Crippen LogP contribution in [0, 0.1) is 0 Å². The van der Waals surface area contributed by atoms with E-state index in [9.17, 15) is 0 Å². The molecule has 18 heavy (non-hydrogen) atoms. The van der Waals surface area contributed by atoms with Crippen LogP contribution in [0.3, 0.4) is 0 Å². The number of H-pyrrole nitrogens is 1. The van der Waals surface area contributed by atoms with E-state index in [1.165, 1.54) is 6.42 Å². The van der Waals surface area contributed by atoms with Crippen molar-refractivity contribution in [1.29, 1.82) is 0 Å². The summed E-state index contributed by atoms with van der Waals surface area (Å²) < 4.78 is 0. The number of hydrogen-bond donors (Lipinski definition) is 2. The van der Waals surface area contributed by atoms with Gasteiger partial charge in [-0.2, -0.15) is 5.10 Å². The van der Waals surface area contributed by atoms with E-state index >= 15 is 0 Å². The van der Waals surface area contributed by atoms with Crippen LogP contribution < -0.4 is 5.32 Å². The second kappa shape index (κ2) is 4.82. The number of aromatic nitrogens is 3. The number of nitrogens with zero attached hydrogens (tertiary/aromatic N) is 2. The third-order valence-corrected chi connectivity index (χ3v) is 4.47. The lowest BCUT2D eigenvalue weighted by Gasteiger charge is -2.26. The number of aromatic amines is 1. The fraction of sp³-hybridized carbons (Fsp3) is 0.538. The molecular weight excluding hydrogens is 244 g/mol. The highest BCUT2D eigenvalue weighted by molar-refractivity contribution is 7.13. The molecule has 5 heteroatoms. The molecule has 2 N–H and O–H groups in total. The van der Waals surface area contributed by atoms with Crippen molar-refractivity contribution in [3.63, 3.8) is 0 Å². The summed E-state index contributed by atoms with van der Waals surface area (Å²) in [4.78, 5) is 5.83. The average Bonchev–Trinajstić information content (AvgIpc) is 3.11. The number of hydrogen-bond acceptors (Lipinski definition) is 4. The van der Waals surface area contributed by atoms with Crippen molar-refractivity contribution in [2.45, 2.75) is 38.1 Å². The van der Waals surface area contributed by atoms with Crippen LogP contribution >= 0.6 is 11.3 Å². The molecule has 1 unspecified atom stereocenters. The normalized spacial score (nSPS) is 23.6. The van der Waals surface area contributed by atoms with Crippen molar-refractivity contribution in [3.05, 3.63) is 23.3 Å². The molecule has 0 radical (unpaired) electrons. The predicted octanol–water partition coefficient (Wildman–Crippen LogP) is 2.91. The minimum atomic E-state index is 0.0251. The SMILES string of the molecule is CCCC1(c2nc(-c3cccs3)n[nH]2)CCCN1. The Morgan fingerprint density at radius 2 is 2.44 bits per heavy atom. The van der Waals surface area contributed by atoms with Gasteiger partial charge in [0.05, 0.1) is 10.4 Å². The molecule has 1 aliphatic rings. The van der Waals surface area contributed by atoms with E-state index in [4.69, 9.17) is 4.98 Å². The number of nitrogens with one attached hydrogen (secondary N) is 2. The third kappa shape index (κ3) is 1.97. The largest absolute Gasteiger partial charge is 0.305 e. The van der Waals surface area contributed by atoms with Crippen molar-refractivity contribution < 1.29 is 0 Å². The van der Waals surface area contributed by atoms with Gasteiger partial charge in [0.2, 0.25) is 0 Å². The highest BCUT2D eigenvalue weighted by atomic mass is 32.1. The Morgan fingerprint density at radius 1 is 1.50 bits per heavy atom. The van der Waals surface area contributed by atoms with E-state index in [2.05, 4.69) is 33.9 Å². The predicted molar refractivity (Wildman–Crippen MR) is 73.5 cm³/mol. The van der Waals surface area contributed by atoms with Gasteiger partial charge >= 0.3 is 0 Å². The van der Waals surface area contributed by atoms with Gasteiger partial charge in [-0.05, 0) is 37.3 Å². The van der Waals surface area contributed by atoms with Gasteiger partial charge in [-0.3, -0.25) is 5.10 Å². The zero-order valence-electron chi connectivity index (χ0n) is 10.6. The second-order valence-electron chi connectivity index (χ2n) is 4.85. The fourth-order valence-electron chi connectivity index (χ4n) is 2.76. The Morgan fingerprint density at radius 3 is 3.11 bits per heavy atom. The van der Waals surface area contributed by atoms with E-state index < -0.39 is 0 Å². The first-order valence-electron chi connectivity index (χ1n) is 6.56. The summed E-state index contributed by atoms with van der Waals surface area (Å²) >= 11 is 1.68. The van der Waals surface area contributed by atoms with Crippen molar-refractivity contribution in [3.8, 4) is 10.7 Å². The average molecular weight is 262 g/mol. The molecule has 1 aliphatic heterocycles. The summed E-state index contributed by atoms with van der Waals surface area (Å²) in [6, 6.07) is 4.10. The Hall–Kier alpha value is -1.20. The molecule has 0 aromatic carbocycles. The molecule has 3 rings (SSSR count). The first kappa shape index (κ1) is 11.9. The quantitative estimate of drug-likeness (QED) is 0.890. The number of thiophene rings is 1. The summed E-state index contributed by atoms with van der Waals surface area (Å²) in [5, 5.41) is 13.2. The first-order valence-corrected chi connectivity index (χ1v) is 7.44. The molecule has 2 aromatic rings. The maximum absolute atomic E-state index is 4.71. The highest BCUT2D eigenvalue weighted by Crippen LogP contribution is 2.34. The van der Waals surface area contributed by atoms with Crippen LogP contribution in [0.2, 0.25) is 0 Å². The van der Waals surface area contributed by atoms with E-state index in [1.807, 2.05) is 6.07 Å². The first-order chi connectivity index (χ1) is 8.84. The van der Waals surface area contributed by atoms with Crippen molar-refractivity contribution >= 4 is 11.3 Å². The summed E-state index contributed by atoms with van der Waals surface area (Å²) in [5.74, 6) is 1.83. The summed E-state index contributed by atoms with van der Waals surface area (Å²) in [7, 11) is 0. The van der Waals surface area contributed by atoms with Gasteiger partial charge in [-0.25, -0.2) is 4.98 Å². The molecule has 0 bridgehead atoms. The van der Waals surface area contributed by atoms with Crippen LogP contribution in [0.4, 0.5) is 0 Å². The smallest absolute Gasteiger partial charge is 0.191 e. The maximum atomic E-state index is 4.71. The monoisotopic (exact) mass is 262 g/mol. The minimum absolute atomic E-state index is 0.0251. The summed E-state index contributed by atoms with van der Waals surface area (Å²) in [6.07, 6.45) is 4.64. The van der Waals surface area contributed by atoms with Crippen LogP contribution in [-0.4, -0.2) is 21.7 Å². The molecule has 0 spiro atoms. The maximum Gasteiger partial charge on any atom is 0.191 e. The molecule has 3 heterocycles. The molecular formula is C13H18N4S. The van der Waals surface area contributed by atoms with E-state index in [0.29, 0.717) is 0 Å². The van der Waals surface area contributed by atoms with E-state index in [1.54, 1.807) is 11.3 Å². The molecule has 96 valence electrons. The van der Waals surface area contributed by atoms with Gasteiger partial charge < -0.3 is 5.32 Å². The Balaban J connectivity index is 1.92. The highest BCUT2D eigenvalue weighted by Gasteiger charge is 2.37. The van der Waals surface area contributed by atoms with Crippen molar-refractivity contribution in [2.75, 3.05) is 6.54 Å². The lowest BCUT2D eigenvalue weighted by molar-refractivity contribution is 0.335. The zero-order valence-corrected chi connectivity index (χ0v) is 11.4. The lowest BCUT2D eigenvalue weighted by Crippen LogP contribution is -2.37. The Labute approximate surface area is 111 Å².